The van der Waals surface area contributed by atoms with E-state index in [0.717, 1.165) is 74.1 Å². The number of fused-ring (bicyclic) bond motifs is 1. The zero-order valence-electron chi connectivity index (χ0n) is 24.9. The molecule has 2 fully saturated rings. The first-order chi connectivity index (χ1) is 20.5. The summed E-state index contributed by atoms with van der Waals surface area (Å²) in [6.45, 7) is 9.27. The van der Waals surface area contributed by atoms with E-state index < -0.39 is 0 Å². The number of anilines is 2. The van der Waals surface area contributed by atoms with E-state index in [1.807, 2.05) is 30.3 Å². The van der Waals surface area contributed by atoms with E-state index >= 15 is 0 Å². The third-order valence-electron chi connectivity index (χ3n) is 8.08. The molecule has 0 spiro atoms. The SMILES string of the molecule is C[C@@H]1COCCN1c1nc(N2CCOC[C@H]2C)c2ccc(-c3cccc(C(=O)NCCCCCCCCO)c3)nc2n1. The van der Waals surface area contributed by atoms with Crippen LogP contribution in [0.4, 0.5) is 11.8 Å². The molecule has 2 aliphatic heterocycles. The number of hydrogen-bond donors (Lipinski definition) is 2. The molecular formula is C32H44N6O4. The van der Waals surface area contributed by atoms with Gasteiger partial charge in [-0.05, 0) is 51.0 Å². The lowest BCUT2D eigenvalue weighted by Crippen LogP contribution is -2.46. The molecule has 0 saturated carbocycles. The molecule has 0 bridgehead atoms. The predicted octanol–water partition coefficient (Wildman–Crippen LogP) is 4.20. The normalized spacial score (nSPS) is 19.3. The van der Waals surface area contributed by atoms with Crippen LogP contribution >= 0.6 is 0 Å². The maximum absolute atomic E-state index is 12.9. The summed E-state index contributed by atoms with van der Waals surface area (Å²) >= 11 is 0. The first-order valence-corrected chi connectivity index (χ1v) is 15.4. The number of rotatable bonds is 12. The van der Waals surface area contributed by atoms with Gasteiger partial charge in [0, 0.05) is 37.4 Å². The number of benzene rings is 1. The van der Waals surface area contributed by atoms with Crippen LogP contribution in [0.25, 0.3) is 22.3 Å². The van der Waals surface area contributed by atoms with Crippen LogP contribution in [0.1, 0.15) is 62.7 Å². The lowest BCUT2D eigenvalue weighted by Gasteiger charge is -2.37. The highest BCUT2D eigenvalue weighted by atomic mass is 16.5. The molecule has 0 radical (unpaired) electrons. The summed E-state index contributed by atoms with van der Waals surface area (Å²) in [5.74, 6) is 1.47. The van der Waals surface area contributed by atoms with Gasteiger partial charge in [0.2, 0.25) is 5.95 Å². The van der Waals surface area contributed by atoms with Crippen molar-refractivity contribution in [2.75, 3.05) is 62.5 Å². The molecule has 2 atom stereocenters. The lowest BCUT2D eigenvalue weighted by atomic mass is 10.1. The Balaban J connectivity index is 1.36. The van der Waals surface area contributed by atoms with E-state index in [2.05, 4.69) is 35.0 Å². The fourth-order valence-electron chi connectivity index (χ4n) is 5.62. The zero-order valence-corrected chi connectivity index (χ0v) is 24.9. The predicted molar refractivity (Wildman–Crippen MR) is 165 cm³/mol. The molecule has 10 nitrogen and oxygen atoms in total. The Morgan fingerprint density at radius 2 is 1.62 bits per heavy atom. The number of aliphatic hydroxyl groups excluding tert-OH is 1. The van der Waals surface area contributed by atoms with Crippen molar-refractivity contribution >= 4 is 28.7 Å². The van der Waals surface area contributed by atoms with Crippen molar-refractivity contribution in [3.05, 3.63) is 42.0 Å². The Morgan fingerprint density at radius 3 is 2.36 bits per heavy atom. The standard InChI is InChI=1S/C32H44N6O4/c1-23-21-41-18-15-37(23)30-27-12-13-28(34-29(27)35-32(36-30)38-16-19-42-22-24(38)2)25-10-9-11-26(20-25)31(40)33-14-7-5-3-4-6-8-17-39/h9-13,20,23-24,39H,3-8,14-19,21-22H2,1-2H3,(H,33,40)/t23-,24-/m1/s1. The molecule has 1 aromatic carbocycles. The lowest BCUT2D eigenvalue weighted by molar-refractivity contribution is 0.0952. The molecule has 5 rings (SSSR count). The summed E-state index contributed by atoms with van der Waals surface area (Å²) in [4.78, 5) is 32.4. The van der Waals surface area contributed by atoms with E-state index in [1.165, 1.54) is 0 Å². The monoisotopic (exact) mass is 576 g/mol. The van der Waals surface area contributed by atoms with Gasteiger partial charge in [0.05, 0.1) is 49.6 Å². The first kappa shape index (κ1) is 30.1. The summed E-state index contributed by atoms with van der Waals surface area (Å²) < 4.78 is 11.4. The molecule has 0 unspecified atom stereocenters. The third-order valence-corrected chi connectivity index (χ3v) is 8.08. The Morgan fingerprint density at radius 1 is 0.905 bits per heavy atom. The maximum Gasteiger partial charge on any atom is 0.251 e. The van der Waals surface area contributed by atoms with Crippen LogP contribution in [0.15, 0.2) is 36.4 Å². The van der Waals surface area contributed by atoms with Gasteiger partial charge in [-0.15, -0.1) is 0 Å². The molecule has 2 aliphatic rings. The number of amides is 1. The molecule has 2 saturated heterocycles. The highest BCUT2D eigenvalue weighted by Gasteiger charge is 2.27. The summed E-state index contributed by atoms with van der Waals surface area (Å²) in [5.41, 5.74) is 2.89. The van der Waals surface area contributed by atoms with E-state index in [4.69, 9.17) is 29.5 Å². The van der Waals surface area contributed by atoms with Gasteiger partial charge in [-0.3, -0.25) is 4.79 Å². The van der Waals surface area contributed by atoms with Crippen LogP contribution in [0.2, 0.25) is 0 Å². The molecule has 42 heavy (non-hydrogen) atoms. The number of morpholine rings is 2. The minimum absolute atomic E-state index is 0.0765. The van der Waals surface area contributed by atoms with Gasteiger partial charge in [-0.2, -0.15) is 9.97 Å². The van der Waals surface area contributed by atoms with E-state index in [1.54, 1.807) is 0 Å². The molecule has 3 aromatic rings. The Kier molecular flexibility index (Phi) is 10.6. The van der Waals surface area contributed by atoms with Crippen LogP contribution in [0.3, 0.4) is 0 Å². The molecular weight excluding hydrogens is 532 g/mol. The van der Waals surface area contributed by atoms with Crippen molar-refractivity contribution in [2.45, 2.75) is 64.5 Å². The number of nitrogens with one attached hydrogen (secondary N) is 1. The van der Waals surface area contributed by atoms with Gasteiger partial charge >= 0.3 is 0 Å². The van der Waals surface area contributed by atoms with Crippen molar-refractivity contribution in [3.8, 4) is 11.3 Å². The topological polar surface area (TPSA) is 113 Å². The van der Waals surface area contributed by atoms with Crippen LogP contribution in [0.5, 0.6) is 0 Å². The average Bonchev–Trinajstić information content (AvgIpc) is 3.02. The Labute approximate surface area is 248 Å². The van der Waals surface area contributed by atoms with Crippen molar-refractivity contribution in [1.82, 2.24) is 20.3 Å². The van der Waals surface area contributed by atoms with Gasteiger partial charge in [0.1, 0.15) is 5.82 Å². The number of carbonyl (C=O) groups is 1. The number of aliphatic hydroxyl groups is 1. The van der Waals surface area contributed by atoms with E-state index in [9.17, 15) is 4.79 Å². The fraction of sp³-hybridized carbons (Fsp3) is 0.562. The van der Waals surface area contributed by atoms with Gasteiger partial charge < -0.3 is 29.7 Å². The second-order valence-electron chi connectivity index (χ2n) is 11.3. The van der Waals surface area contributed by atoms with E-state index in [-0.39, 0.29) is 24.6 Å². The highest BCUT2D eigenvalue weighted by Crippen LogP contribution is 2.31. The molecule has 4 heterocycles. The van der Waals surface area contributed by atoms with Crippen molar-refractivity contribution in [3.63, 3.8) is 0 Å². The van der Waals surface area contributed by atoms with Gasteiger partial charge in [-0.1, -0.05) is 37.8 Å². The Hall–Kier alpha value is -3.34. The van der Waals surface area contributed by atoms with Crippen LogP contribution < -0.4 is 15.1 Å². The second kappa shape index (κ2) is 14.7. The fourth-order valence-corrected chi connectivity index (χ4v) is 5.62. The largest absolute Gasteiger partial charge is 0.396 e. The number of unbranched alkanes of at least 4 members (excludes halogenated alkanes) is 5. The quantitative estimate of drug-likeness (QED) is 0.306. The third kappa shape index (κ3) is 7.35. The van der Waals surface area contributed by atoms with Crippen LogP contribution in [0, 0.1) is 0 Å². The molecule has 2 aromatic heterocycles. The maximum atomic E-state index is 12.9. The molecule has 0 aliphatic carbocycles. The number of ether oxygens (including phenoxy) is 2. The van der Waals surface area contributed by atoms with Gasteiger partial charge in [0.15, 0.2) is 5.65 Å². The summed E-state index contributed by atoms with van der Waals surface area (Å²) in [6, 6.07) is 12.0. The zero-order chi connectivity index (χ0) is 29.3. The molecule has 2 N–H and O–H groups in total. The smallest absolute Gasteiger partial charge is 0.251 e. The number of hydrogen-bond acceptors (Lipinski definition) is 9. The number of aromatic nitrogens is 3. The Bertz CT molecular complexity index is 1340. The van der Waals surface area contributed by atoms with Crippen molar-refractivity contribution in [1.29, 1.82) is 0 Å². The minimum Gasteiger partial charge on any atom is -0.396 e. The first-order valence-electron chi connectivity index (χ1n) is 15.4. The summed E-state index contributed by atoms with van der Waals surface area (Å²) in [7, 11) is 0. The summed E-state index contributed by atoms with van der Waals surface area (Å²) in [5, 5.41) is 12.8. The van der Waals surface area contributed by atoms with Crippen molar-refractivity contribution < 1.29 is 19.4 Å². The number of nitrogens with zero attached hydrogens (tertiary/aromatic N) is 5. The summed E-state index contributed by atoms with van der Waals surface area (Å²) in [6.07, 6.45) is 6.21. The van der Waals surface area contributed by atoms with Gasteiger partial charge in [-0.25, -0.2) is 4.98 Å². The number of pyridine rings is 1. The minimum atomic E-state index is -0.0765. The van der Waals surface area contributed by atoms with E-state index in [0.29, 0.717) is 50.1 Å². The molecule has 10 heteroatoms. The molecule has 1 amide bonds. The van der Waals surface area contributed by atoms with Crippen molar-refractivity contribution in [2.24, 2.45) is 0 Å². The van der Waals surface area contributed by atoms with Gasteiger partial charge in [0.25, 0.3) is 5.91 Å². The molecule has 226 valence electrons. The second-order valence-corrected chi connectivity index (χ2v) is 11.3. The van der Waals surface area contributed by atoms with Crippen LogP contribution in [-0.2, 0) is 9.47 Å². The average molecular weight is 577 g/mol. The highest BCUT2D eigenvalue weighted by molar-refractivity contribution is 5.95. The van der Waals surface area contributed by atoms with Crippen LogP contribution in [-0.4, -0.2) is 90.7 Å². The number of carbonyl (C=O) groups excluding carboxylic acids is 1.